The Balaban J connectivity index is 1.89. The lowest BCUT2D eigenvalue weighted by atomic mass is 10.1. The summed E-state index contributed by atoms with van der Waals surface area (Å²) in [6, 6.07) is 10.7. The zero-order chi connectivity index (χ0) is 15.1. The number of nitrogens with one attached hydrogen (secondary N) is 1. The van der Waals surface area contributed by atoms with Crippen molar-refractivity contribution < 1.29 is 14.3 Å². The van der Waals surface area contributed by atoms with Crippen molar-refractivity contribution in [1.82, 2.24) is 4.98 Å². The van der Waals surface area contributed by atoms with E-state index in [1.165, 1.54) is 6.20 Å². The number of pyridine rings is 1. The van der Waals surface area contributed by atoms with Crippen LogP contribution in [-0.2, 0) is 16.0 Å². The third-order valence-corrected chi connectivity index (χ3v) is 2.90. The summed E-state index contributed by atoms with van der Waals surface area (Å²) in [6.45, 7) is 1.68. The van der Waals surface area contributed by atoms with Gasteiger partial charge in [-0.05, 0) is 30.2 Å². The zero-order valence-electron chi connectivity index (χ0n) is 11.7. The van der Waals surface area contributed by atoms with E-state index in [2.05, 4.69) is 10.3 Å². The third kappa shape index (κ3) is 4.14. The molecule has 0 aliphatic rings. The Hall–Kier alpha value is -2.69. The van der Waals surface area contributed by atoms with Crippen LogP contribution >= 0.6 is 0 Å². The SMILES string of the molecule is CCc1ccccc1NC(=O)COC(=O)c1cccnc1. The van der Waals surface area contributed by atoms with E-state index in [9.17, 15) is 9.59 Å². The van der Waals surface area contributed by atoms with Gasteiger partial charge in [-0.25, -0.2) is 4.79 Å². The van der Waals surface area contributed by atoms with E-state index >= 15 is 0 Å². The van der Waals surface area contributed by atoms with Crippen molar-refractivity contribution in [3.8, 4) is 0 Å². The van der Waals surface area contributed by atoms with Crippen molar-refractivity contribution in [2.45, 2.75) is 13.3 Å². The second-order valence-corrected chi connectivity index (χ2v) is 4.38. The molecule has 0 spiro atoms. The molecule has 2 rings (SSSR count). The van der Waals surface area contributed by atoms with Gasteiger partial charge in [-0.15, -0.1) is 0 Å². The van der Waals surface area contributed by atoms with Crippen molar-refractivity contribution in [2.24, 2.45) is 0 Å². The van der Waals surface area contributed by atoms with Gasteiger partial charge in [0.2, 0.25) is 0 Å². The first-order chi connectivity index (χ1) is 10.2. The summed E-state index contributed by atoms with van der Waals surface area (Å²) in [5, 5.41) is 2.74. The van der Waals surface area contributed by atoms with Crippen LogP contribution in [0.3, 0.4) is 0 Å². The number of benzene rings is 1. The molecule has 0 atom stereocenters. The fourth-order valence-corrected chi connectivity index (χ4v) is 1.83. The molecule has 1 amide bonds. The van der Waals surface area contributed by atoms with Crippen LogP contribution < -0.4 is 5.32 Å². The first-order valence-corrected chi connectivity index (χ1v) is 6.65. The summed E-state index contributed by atoms with van der Waals surface area (Å²) < 4.78 is 4.94. The third-order valence-electron chi connectivity index (χ3n) is 2.90. The predicted molar refractivity (Wildman–Crippen MR) is 79.0 cm³/mol. The summed E-state index contributed by atoms with van der Waals surface area (Å²) in [6.07, 6.45) is 3.77. The summed E-state index contributed by atoms with van der Waals surface area (Å²) in [4.78, 5) is 27.3. The van der Waals surface area contributed by atoms with Crippen molar-refractivity contribution >= 4 is 17.6 Å². The van der Waals surface area contributed by atoms with E-state index in [1.54, 1.807) is 18.3 Å². The van der Waals surface area contributed by atoms with Crippen LogP contribution in [0.5, 0.6) is 0 Å². The maximum atomic E-state index is 11.8. The van der Waals surface area contributed by atoms with Gasteiger partial charge >= 0.3 is 5.97 Å². The quantitative estimate of drug-likeness (QED) is 0.856. The number of esters is 1. The van der Waals surface area contributed by atoms with E-state index in [1.807, 2.05) is 31.2 Å². The van der Waals surface area contributed by atoms with Crippen LogP contribution in [-0.4, -0.2) is 23.5 Å². The summed E-state index contributed by atoms with van der Waals surface area (Å²) in [5.74, 6) is -0.935. The molecule has 0 radical (unpaired) electrons. The number of amides is 1. The second-order valence-electron chi connectivity index (χ2n) is 4.38. The molecule has 0 saturated carbocycles. The molecular weight excluding hydrogens is 268 g/mol. The number of hydrogen-bond donors (Lipinski definition) is 1. The van der Waals surface area contributed by atoms with Crippen molar-refractivity contribution in [3.63, 3.8) is 0 Å². The number of aryl methyl sites for hydroxylation is 1. The van der Waals surface area contributed by atoms with Crippen molar-refractivity contribution in [3.05, 3.63) is 59.9 Å². The molecule has 1 aromatic heterocycles. The molecule has 0 aliphatic heterocycles. The molecule has 1 heterocycles. The minimum Gasteiger partial charge on any atom is -0.452 e. The van der Waals surface area contributed by atoms with Gasteiger partial charge in [0.05, 0.1) is 5.56 Å². The second kappa shape index (κ2) is 7.19. The molecule has 5 nitrogen and oxygen atoms in total. The highest BCUT2D eigenvalue weighted by atomic mass is 16.5. The van der Waals surface area contributed by atoms with Gasteiger partial charge in [-0.3, -0.25) is 9.78 Å². The number of rotatable bonds is 5. The summed E-state index contributed by atoms with van der Waals surface area (Å²) >= 11 is 0. The predicted octanol–water partition coefficient (Wildman–Crippen LogP) is 2.44. The van der Waals surface area contributed by atoms with Gasteiger partial charge in [-0.1, -0.05) is 25.1 Å². The molecule has 0 unspecified atom stereocenters. The number of ether oxygens (including phenoxy) is 1. The van der Waals surface area contributed by atoms with E-state index in [0.29, 0.717) is 5.56 Å². The fraction of sp³-hybridized carbons (Fsp3) is 0.188. The fourth-order valence-electron chi connectivity index (χ4n) is 1.83. The van der Waals surface area contributed by atoms with Crippen LogP contribution in [0, 0.1) is 0 Å². The number of hydrogen-bond acceptors (Lipinski definition) is 4. The van der Waals surface area contributed by atoms with Crippen LogP contribution in [0.4, 0.5) is 5.69 Å². The van der Waals surface area contributed by atoms with Gasteiger partial charge in [0.15, 0.2) is 6.61 Å². The molecule has 1 N–H and O–H groups in total. The smallest absolute Gasteiger partial charge is 0.340 e. The minimum atomic E-state index is -0.568. The lowest BCUT2D eigenvalue weighted by molar-refractivity contribution is -0.119. The first kappa shape index (κ1) is 14.7. The number of nitrogens with zero attached hydrogens (tertiary/aromatic N) is 1. The zero-order valence-corrected chi connectivity index (χ0v) is 11.7. The van der Waals surface area contributed by atoms with Gasteiger partial charge in [-0.2, -0.15) is 0 Å². The van der Waals surface area contributed by atoms with Crippen LogP contribution in [0.25, 0.3) is 0 Å². The summed E-state index contributed by atoms with van der Waals surface area (Å²) in [5.41, 5.74) is 2.09. The maximum Gasteiger partial charge on any atom is 0.340 e. The highest BCUT2D eigenvalue weighted by Crippen LogP contribution is 2.15. The van der Waals surface area contributed by atoms with Crippen molar-refractivity contribution in [1.29, 1.82) is 0 Å². The number of carbonyl (C=O) groups is 2. The average molecular weight is 284 g/mol. The van der Waals surface area contributed by atoms with E-state index < -0.39 is 5.97 Å². The van der Waals surface area contributed by atoms with Crippen LogP contribution in [0.1, 0.15) is 22.8 Å². The molecule has 0 aliphatic carbocycles. The van der Waals surface area contributed by atoms with Crippen LogP contribution in [0.15, 0.2) is 48.8 Å². The molecule has 0 fully saturated rings. The van der Waals surface area contributed by atoms with Gasteiger partial charge in [0.1, 0.15) is 0 Å². The normalized spacial score (nSPS) is 9.95. The number of aromatic nitrogens is 1. The number of para-hydroxylation sites is 1. The van der Waals surface area contributed by atoms with Gasteiger partial charge in [0, 0.05) is 18.1 Å². The standard InChI is InChI=1S/C16H16N2O3/c1-2-12-6-3-4-8-14(12)18-15(19)11-21-16(20)13-7-5-9-17-10-13/h3-10H,2,11H2,1H3,(H,18,19). The van der Waals surface area contributed by atoms with E-state index in [0.717, 1.165) is 17.7 Å². The number of carbonyl (C=O) groups excluding carboxylic acids is 2. The number of anilines is 1. The molecule has 5 heteroatoms. The Morgan fingerprint density at radius 2 is 2.00 bits per heavy atom. The Bertz CT molecular complexity index is 626. The lowest BCUT2D eigenvalue weighted by Gasteiger charge is -2.09. The minimum absolute atomic E-state index is 0.319. The lowest BCUT2D eigenvalue weighted by Crippen LogP contribution is -2.21. The Labute approximate surface area is 123 Å². The Morgan fingerprint density at radius 3 is 2.71 bits per heavy atom. The van der Waals surface area contributed by atoms with Gasteiger partial charge in [0.25, 0.3) is 5.91 Å². The molecule has 21 heavy (non-hydrogen) atoms. The average Bonchev–Trinajstić information content (AvgIpc) is 2.54. The molecule has 0 saturated heterocycles. The monoisotopic (exact) mass is 284 g/mol. The molecule has 108 valence electrons. The first-order valence-electron chi connectivity index (χ1n) is 6.65. The van der Waals surface area contributed by atoms with E-state index in [-0.39, 0.29) is 12.5 Å². The highest BCUT2D eigenvalue weighted by Gasteiger charge is 2.11. The summed E-state index contributed by atoms with van der Waals surface area (Å²) in [7, 11) is 0. The highest BCUT2D eigenvalue weighted by molar-refractivity contribution is 5.95. The topological polar surface area (TPSA) is 68.3 Å². The molecule has 0 bridgehead atoms. The van der Waals surface area contributed by atoms with E-state index in [4.69, 9.17) is 4.74 Å². The Kier molecular flexibility index (Phi) is 5.04. The van der Waals surface area contributed by atoms with Crippen LogP contribution in [0.2, 0.25) is 0 Å². The van der Waals surface area contributed by atoms with Crippen molar-refractivity contribution in [2.75, 3.05) is 11.9 Å². The molecular formula is C16H16N2O3. The maximum absolute atomic E-state index is 11.8. The Morgan fingerprint density at radius 1 is 1.19 bits per heavy atom. The van der Waals surface area contributed by atoms with Gasteiger partial charge < -0.3 is 10.1 Å². The molecule has 2 aromatic rings. The molecule has 1 aromatic carbocycles. The largest absolute Gasteiger partial charge is 0.452 e.